The zero-order valence-corrected chi connectivity index (χ0v) is 18.4. The first-order valence-electron chi connectivity index (χ1n) is 10.2. The van der Waals surface area contributed by atoms with Crippen LogP contribution in [0.3, 0.4) is 0 Å². The fourth-order valence-electron chi connectivity index (χ4n) is 3.93. The van der Waals surface area contributed by atoms with Gasteiger partial charge in [0.15, 0.2) is 11.5 Å². The maximum Gasteiger partial charge on any atom is 0.300 e. The minimum absolute atomic E-state index is 0.00534. The van der Waals surface area contributed by atoms with Crippen molar-refractivity contribution in [2.75, 3.05) is 26.2 Å². The van der Waals surface area contributed by atoms with Gasteiger partial charge in [0.05, 0.1) is 32.9 Å². The van der Waals surface area contributed by atoms with Gasteiger partial charge in [-0.2, -0.15) is 0 Å². The fraction of sp³-hybridized carbons (Fsp3) is 0.154. The average Bonchev–Trinajstić information content (AvgIpc) is 3.13. The molecule has 1 amide bonds. The third kappa shape index (κ3) is 3.89. The summed E-state index contributed by atoms with van der Waals surface area (Å²) in [5.41, 5.74) is 1.51. The molecule has 1 saturated heterocycles. The summed E-state index contributed by atoms with van der Waals surface area (Å²) < 4.78 is 16.0. The number of rotatable bonds is 6. The number of aliphatic hydroxyl groups is 1. The van der Waals surface area contributed by atoms with Gasteiger partial charge >= 0.3 is 0 Å². The maximum atomic E-state index is 13.2. The van der Waals surface area contributed by atoms with Gasteiger partial charge in [-0.1, -0.05) is 36.4 Å². The van der Waals surface area contributed by atoms with E-state index < -0.39 is 17.7 Å². The third-order valence-electron chi connectivity index (χ3n) is 5.57. The molecule has 1 aliphatic rings. The Labute approximate surface area is 191 Å². The Morgan fingerprint density at radius 3 is 2.09 bits per heavy atom. The summed E-state index contributed by atoms with van der Waals surface area (Å²) in [6, 6.07) is 19.7. The normalized spacial score (nSPS) is 17.2. The van der Waals surface area contributed by atoms with E-state index in [-0.39, 0.29) is 11.3 Å². The lowest BCUT2D eigenvalue weighted by molar-refractivity contribution is -0.132. The van der Waals surface area contributed by atoms with Crippen molar-refractivity contribution < 1.29 is 28.9 Å². The number of amides is 1. The van der Waals surface area contributed by atoms with Crippen molar-refractivity contribution >= 4 is 23.1 Å². The van der Waals surface area contributed by atoms with Crippen LogP contribution < -0.4 is 19.1 Å². The van der Waals surface area contributed by atoms with Crippen molar-refractivity contribution in [3.63, 3.8) is 0 Å². The molecular weight excluding hydrogens is 422 g/mol. The van der Waals surface area contributed by atoms with Crippen LogP contribution in [0.1, 0.15) is 17.2 Å². The molecule has 0 spiro atoms. The number of hydrogen-bond acceptors (Lipinski definition) is 6. The second-order valence-electron chi connectivity index (χ2n) is 7.35. The standard InChI is InChI=1S/C26H23NO6/c1-31-19-12-10-18(11-13-19)27-23(17-9-14-20(32-2)21(15-17)33-3)22(25(29)26(27)30)24(28)16-7-5-4-6-8-16/h4-15,23,28H,1-3H3/b24-22+/t23-/m1/s1. The molecule has 1 atom stereocenters. The van der Waals surface area contributed by atoms with Gasteiger partial charge in [0, 0.05) is 11.3 Å². The van der Waals surface area contributed by atoms with Crippen molar-refractivity contribution in [3.8, 4) is 17.2 Å². The van der Waals surface area contributed by atoms with Gasteiger partial charge in [-0.15, -0.1) is 0 Å². The molecule has 1 N–H and O–H groups in total. The molecule has 3 aromatic rings. The van der Waals surface area contributed by atoms with Crippen molar-refractivity contribution in [2.45, 2.75) is 6.04 Å². The molecule has 0 aromatic heterocycles. The molecular formula is C26H23NO6. The predicted octanol–water partition coefficient (Wildman–Crippen LogP) is 4.34. The minimum Gasteiger partial charge on any atom is -0.507 e. The summed E-state index contributed by atoms with van der Waals surface area (Å²) in [7, 11) is 4.58. The number of ether oxygens (including phenoxy) is 3. The Balaban J connectivity index is 1.94. The van der Waals surface area contributed by atoms with Crippen molar-refractivity contribution in [3.05, 3.63) is 89.5 Å². The lowest BCUT2D eigenvalue weighted by atomic mass is 9.94. The number of anilines is 1. The summed E-state index contributed by atoms with van der Waals surface area (Å²) in [4.78, 5) is 27.8. The summed E-state index contributed by atoms with van der Waals surface area (Å²) in [5.74, 6) is -0.197. The van der Waals surface area contributed by atoms with Crippen LogP contribution in [-0.2, 0) is 9.59 Å². The van der Waals surface area contributed by atoms with E-state index >= 15 is 0 Å². The van der Waals surface area contributed by atoms with E-state index in [2.05, 4.69) is 0 Å². The van der Waals surface area contributed by atoms with E-state index in [4.69, 9.17) is 14.2 Å². The van der Waals surface area contributed by atoms with E-state index in [9.17, 15) is 14.7 Å². The van der Waals surface area contributed by atoms with Crippen molar-refractivity contribution in [1.29, 1.82) is 0 Å². The molecule has 0 aliphatic carbocycles. The molecule has 0 unspecified atom stereocenters. The highest BCUT2D eigenvalue weighted by Gasteiger charge is 2.47. The number of Topliss-reactive ketones (excluding diaryl/α,β-unsaturated/α-hetero) is 1. The summed E-state index contributed by atoms with van der Waals surface area (Å²) in [5, 5.41) is 11.1. The number of nitrogens with zero attached hydrogens (tertiary/aromatic N) is 1. The number of carbonyl (C=O) groups excluding carboxylic acids is 2. The fourth-order valence-corrected chi connectivity index (χ4v) is 3.93. The molecule has 1 aliphatic heterocycles. The number of methoxy groups -OCH3 is 3. The van der Waals surface area contributed by atoms with Gasteiger partial charge in [0.2, 0.25) is 0 Å². The Kier molecular flexibility index (Phi) is 6.04. The van der Waals surface area contributed by atoms with Gasteiger partial charge in [-0.25, -0.2) is 0 Å². The zero-order valence-electron chi connectivity index (χ0n) is 18.4. The number of ketones is 1. The van der Waals surface area contributed by atoms with Gasteiger partial charge in [-0.05, 0) is 42.0 Å². The predicted molar refractivity (Wildman–Crippen MR) is 124 cm³/mol. The summed E-state index contributed by atoms with van der Waals surface area (Å²) >= 11 is 0. The van der Waals surface area contributed by atoms with Gasteiger partial charge in [-0.3, -0.25) is 14.5 Å². The summed E-state index contributed by atoms with van der Waals surface area (Å²) in [6.07, 6.45) is 0. The maximum absolute atomic E-state index is 13.2. The zero-order chi connectivity index (χ0) is 23.5. The van der Waals surface area contributed by atoms with E-state index in [1.54, 1.807) is 79.9 Å². The van der Waals surface area contributed by atoms with Gasteiger partial charge in [0.1, 0.15) is 11.5 Å². The van der Waals surface area contributed by atoms with Crippen LogP contribution in [0.15, 0.2) is 78.4 Å². The highest BCUT2D eigenvalue weighted by molar-refractivity contribution is 6.51. The second-order valence-corrected chi connectivity index (χ2v) is 7.35. The first-order chi connectivity index (χ1) is 16.0. The highest BCUT2D eigenvalue weighted by Crippen LogP contribution is 2.44. The lowest BCUT2D eigenvalue weighted by Crippen LogP contribution is -2.29. The molecule has 1 heterocycles. The van der Waals surface area contributed by atoms with Crippen LogP contribution in [0.4, 0.5) is 5.69 Å². The van der Waals surface area contributed by atoms with Crippen LogP contribution in [0.2, 0.25) is 0 Å². The number of benzene rings is 3. The van der Waals surface area contributed by atoms with Crippen LogP contribution in [0.25, 0.3) is 5.76 Å². The number of aliphatic hydroxyl groups excluding tert-OH is 1. The largest absolute Gasteiger partial charge is 0.507 e. The van der Waals surface area contributed by atoms with Gasteiger partial charge < -0.3 is 19.3 Å². The third-order valence-corrected chi connectivity index (χ3v) is 5.57. The van der Waals surface area contributed by atoms with Crippen LogP contribution in [0, 0.1) is 0 Å². The SMILES string of the molecule is COc1ccc(N2C(=O)C(=O)/C(=C(/O)c3ccccc3)[C@H]2c2ccc(OC)c(OC)c2)cc1. The molecule has 0 bridgehead atoms. The van der Waals surface area contributed by atoms with Crippen LogP contribution in [0.5, 0.6) is 17.2 Å². The Morgan fingerprint density at radius 1 is 0.818 bits per heavy atom. The quantitative estimate of drug-likeness (QED) is 0.345. The van der Waals surface area contributed by atoms with E-state index in [0.717, 1.165) is 0 Å². The Morgan fingerprint density at radius 2 is 1.48 bits per heavy atom. The first kappa shape index (κ1) is 22.0. The second kappa shape index (κ2) is 9.08. The molecule has 33 heavy (non-hydrogen) atoms. The molecule has 4 rings (SSSR count). The van der Waals surface area contributed by atoms with Crippen LogP contribution in [-0.4, -0.2) is 38.1 Å². The van der Waals surface area contributed by atoms with Crippen LogP contribution >= 0.6 is 0 Å². The van der Waals surface area contributed by atoms with Crippen molar-refractivity contribution in [2.24, 2.45) is 0 Å². The molecule has 3 aromatic carbocycles. The van der Waals surface area contributed by atoms with Crippen molar-refractivity contribution in [1.82, 2.24) is 0 Å². The molecule has 0 saturated carbocycles. The molecule has 0 radical (unpaired) electrons. The molecule has 7 nitrogen and oxygen atoms in total. The topological polar surface area (TPSA) is 85.3 Å². The molecule has 7 heteroatoms. The van der Waals surface area contributed by atoms with E-state index in [1.807, 2.05) is 0 Å². The monoisotopic (exact) mass is 445 g/mol. The number of hydrogen-bond donors (Lipinski definition) is 1. The Bertz CT molecular complexity index is 1220. The smallest absolute Gasteiger partial charge is 0.300 e. The Hall–Kier alpha value is -4.26. The minimum atomic E-state index is -0.876. The van der Waals surface area contributed by atoms with E-state index in [1.165, 1.54) is 19.1 Å². The summed E-state index contributed by atoms with van der Waals surface area (Å²) in [6.45, 7) is 0. The van der Waals surface area contributed by atoms with Gasteiger partial charge in [0.25, 0.3) is 11.7 Å². The lowest BCUT2D eigenvalue weighted by Gasteiger charge is -2.26. The first-order valence-corrected chi connectivity index (χ1v) is 10.2. The molecule has 1 fully saturated rings. The average molecular weight is 445 g/mol. The number of carbonyl (C=O) groups is 2. The highest BCUT2D eigenvalue weighted by atomic mass is 16.5. The van der Waals surface area contributed by atoms with E-state index in [0.29, 0.717) is 34.1 Å². The molecule has 168 valence electrons.